The smallest absolute Gasteiger partial charge is 0.335 e. The number of anilines is 1. The number of esters is 1. The number of carbonyl (C=O) groups excluding carboxylic acids is 3. The van der Waals surface area contributed by atoms with Crippen molar-refractivity contribution in [2.24, 2.45) is 0 Å². The zero-order valence-electron chi connectivity index (χ0n) is 17.8. The van der Waals surface area contributed by atoms with Gasteiger partial charge in [0, 0.05) is 12.1 Å². The van der Waals surface area contributed by atoms with Crippen LogP contribution in [0.4, 0.5) is 5.69 Å². The number of aliphatic hydroxyl groups is 2. The Balaban J connectivity index is 2.12. The molecule has 2 amide bonds. The maximum atomic E-state index is 12.4. The fourth-order valence-electron chi connectivity index (χ4n) is 2.89. The van der Waals surface area contributed by atoms with Gasteiger partial charge in [-0.05, 0) is 23.8 Å². The first-order valence-corrected chi connectivity index (χ1v) is 9.74. The molecule has 1 unspecified atom stereocenters. The molecule has 0 saturated heterocycles. The number of rotatable bonds is 10. The van der Waals surface area contributed by atoms with Gasteiger partial charge in [-0.3, -0.25) is 9.59 Å². The summed E-state index contributed by atoms with van der Waals surface area (Å²) in [6.07, 6.45) is -4.64. The fourth-order valence-corrected chi connectivity index (χ4v) is 2.89. The topological polar surface area (TPSA) is 200 Å². The molecular weight excluding hydrogens is 452 g/mol. The largest absolute Gasteiger partial charge is 0.478 e. The molecule has 2 rings (SSSR count). The molecule has 0 saturated carbocycles. The number of methoxy groups -OCH3 is 1. The van der Waals surface area contributed by atoms with Gasteiger partial charge in [0.15, 0.2) is 12.2 Å². The number of benzene rings is 2. The van der Waals surface area contributed by atoms with E-state index in [1.54, 1.807) is 30.3 Å². The molecule has 0 bridgehead atoms. The molecule has 0 aromatic heterocycles. The molecule has 0 radical (unpaired) electrons. The van der Waals surface area contributed by atoms with Crippen LogP contribution in [0.3, 0.4) is 0 Å². The Kier molecular flexibility index (Phi) is 8.81. The van der Waals surface area contributed by atoms with Crippen molar-refractivity contribution in [2.75, 3.05) is 12.4 Å². The summed E-state index contributed by atoms with van der Waals surface area (Å²) in [6, 6.07) is 10.0. The molecule has 3 atom stereocenters. The molecule has 0 aliphatic carbocycles. The molecule has 0 spiro atoms. The second kappa shape index (κ2) is 11.5. The Bertz CT molecular complexity index is 1050. The van der Waals surface area contributed by atoms with Crippen molar-refractivity contribution in [3.8, 4) is 0 Å². The highest BCUT2D eigenvalue weighted by Gasteiger charge is 2.33. The minimum Gasteiger partial charge on any atom is -0.478 e. The van der Waals surface area contributed by atoms with Crippen LogP contribution in [-0.4, -0.2) is 75.5 Å². The van der Waals surface area contributed by atoms with Crippen LogP contribution in [0, 0.1) is 0 Å². The van der Waals surface area contributed by atoms with E-state index in [9.17, 15) is 34.2 Å². The molecule has 12 heteroatoms. The van der Waals surface area contributed by atoms with Gasteiger partial charge in [0.2, 0.25) is 0 Å². The van der Waals surface area contributed by atoms with E-state index in [-0.39, 0.29) is 12.1 Å². The van der Waals surface area contributed by atoms with Crippen molar-refractivity contribution in [3.05, 3.63) is 65.2 Å². The Hall–Kier alpha value is -4.29. The van der Waals surface area contributed by atoms with Crippen LogP contribution < -0.4 is 10.6 Å². The van der Waals surface area contributed by atoms with Gasteiger partial charge in [-0.1, -0.05) is 30.3 Å². The monoisotopic (exact) mass is 474 g/mol. The summed E-state index contributed by atoms with van der Waals surface area (Å²) >= 11 is 0. The van der Waals surface area contributed by atoms with Gasteiger partial charge in [-0.15, -0.1) is 0 Å². The van der Waals surface area contributed by atoms with Crippen LogP contribution in [0.15, 0.2) is 48.5 Å². The molecule has 2 aromatic rings. The van der Waals surface area contributed by atoms with E-state index in [4.69, 9.17) is 10.2 Å². The number of hydrogen-bond acceptors (Lipinski definition) is 8. The number of aromatic carboxylic acids is 2. The zero-order chi connectivity index (χ0) is 25.4. The third-order valence-electron chi connectivity index (χ3n) is 4.62. The van der Waals surface area contributed by atoms with E-state index >= 15 is 0 Å². The van der Waals surface area contributed by atoms with Gasteiger partial charge in [-0.25, -0.2) is 14.4 Å². The quantitative estimate of drug-likeness (QED) is 0.247. The molecule has 34 heavy (non-hydrogen) atoms. The lowest BCUT2D eigenvalue weighted by Crippen LogP contribution is -2.52. The summed E-state index contributed by atoms with van der Waals surface area (Å²) in [5.41, 5.74) is -0.543. The number of carbonyl (C=O) groups is 5. The lowest BCUT2D eigenvalue weighted by molar-refractivity contribution is -0.149. The van der Waals surface area contributed by atoms with Gasteiger partial charge in [-0.2, -0.15) is 0 Å². The van der Waals surface area contributed by atoms with Crippen molar-refractivity contribution in [3.63, 3.8) is 0 Å². The van der Waals surface area contributed by atoms with Crippen molar-refractivity contribution in [1.29, 1.82) is 0 Å². The first-order chi connectivity index (χ1) is 16.0. The average Bonchev–Trinajstić information content (AvgIpc) is 2.82. The lowest BCUT2D eigenvalue weighted by Gasteiger charge is -2.21. The standard InChI is InChI=1S/C22H22N2O10/c1-34-22(33)15(7-11-5-3-2-4-6-11)24-19(28)17(26)16(25)18(27)23-14-9-12(20(29)30)8-13(10-14)21(31)32/h2-6,8-10,15-17,25-26H,7H2,1H3,(H,23,27)(H,24,28)(H,29,30)(H,31,32)/t15?,16-,17-/m1/s1. The SMILES string of the molecule is COC(=O)C(Cc1ccccc1)NC(=O)[C@H](O)[C@@H](O)C(=O)Nc1cc(C(=O)O)cc(C(=O)O)c1. The number of hydrogen-bond donors (Lipinski definition) is 6. The number of ether oxygens (including phenoxy) is 1. The normalized spacial score (nSPS) is 13.1. The summed E-state index contributed by atoms with van der Waals surface area (Å²) in [5, 5.41) is 42.7. The van der Waals surface area contributed by atoms with Crippen LogP contribution >= 0.6 is 0 Å². The summed E-state index contributed by atoms with van der Waals surface area (Å²) in [7, 11) is 1.10. The highest BCUT2D eigenvalue weighted by molar-refractivity contribution is 6.01. The van der Waals surface area contributed by atoms with E-state index in [0.29, 0.717) is 5.56 Å². The van der Waals surface area contributed by atoms with E-state index in [1.807, 2.05) is 5.32 Å². The summed E-state index contributed by atoms with van der Waals surface area (Å²) < 4.78 is 4.64. The van der Waals surface area contributed by atoms with Gasteiger partial charge < -0.3 is 35.8 Å². The van der Waals surface area contributed by atoms with Gasteiger partial charge in [0.05, 0.1) is 18.2 Å². The number of carboxylic acids is 2. The number of nitrogens with one attached hydrogen (secondary N) is 2. The highest BCUT2D eigenvalue weighted by Crippen LogP contribution is 2.16. The third-order valence-corrected chi connectivity index (χ3v) is 4.62. The first kappa shape index (κ1) is 26.0. The second-order valence-corrected chi connectivity index (χ2v) is 7.06. The number of carboxylic acid groups (broad SMARTS) is 2. The van der Waals surface area contributed by atoms with Gasteiger partial charge in [0.25, 0.3) is 11.8 Å². The number of aliphatic hydroxyl groups excluding tert-OH is 2. The summed E-state index contributed by atoms with van der Waals surface area (Å²) in [6.45, 7) is 0. The third kappa shape index (κ3) is 6.85. The maximum absolute atomic E-state index is 12.4. The second-order valence-electron chi connectivity index (χ2n) is 7.06. The van der Waals surface area contributed by atoms with Crippen LogP contribution in [0.1, 0.15) is 26.3 Å². The van der Waals surface area contributed by atoms with Crippen LogP contribution in [0.2, 0.25) is 0 Å². The van der Waals surface area contributed by atoms with E-state index < -0.39 is 59.1 Å². The Morgan fingerprint density at radius 1 is 0.853 bits per heavy atom. The minimum absolute atomic E-state index is 0.00815. The molecule has 12 nitrogen and oxygen atoms in total. The van der Waals surface area contributed by atoms with Crippen molar-refractivity contribution in [2.45, 2.75) is 24.7 Å². The molecular formula is C22H22N2O10. The van der Waals surface area contributed by atoms with Crippen LogP contribution in [0.5, 0.6) is 0 Å². The molecule has 0 fully saturated rings. The average molecular weight is 474 g/mol. The lowest BCUT2D eigenvalue weighted by atomic mass is 10.0. The summed E-state index contributed by atoms with van der Waals surface area (Å²) in [5.74, 6) is -6.33. The predicted molar refractivity (Wildman–Crippen MR) is 115 cm³/mol. The minimum atomic E-state index is -2.34. The Labute approximate surface area is 192 Å². The van der Waals surface area contributed by atoms with E-state index in [2.05, 4.69) is 10.1 Å². The van der Waals surface area contributed by atoms with Crippen molar-refractivity contribution < 1.29 is 49.1 Å². The van der Waals surface area contributed by atoms with Crippen LogP contribution in [-0.2, 0) is 25.5 Å². The highest BCUT2D eigenvalue weighted by atomic mass is 16.5. The maximum Gasteiger partial charge on any atom is 0.335 e. The van der Waals surface area contributed by atoms with E-state index in [1.165, 1.54) is 0 Å². The van der Waals surface area contributed by atoms with Crippen LogP contribution in [0.25, 0.3) is 0 Å². The molecule has 0 aliphatic heterocycles. The molecule has 6 N–H and O–H groups in total. The van der Waals surface area contributed by atoms with Crippen molar-refractivity contribution >= 4 is 35.4 Å². The first-order valence-electron chi connectivity index (χ1n) is 9.74. The van der Waals surface area contributed by atoms with Gasteiger partial charge in [0.1, 0.15) is 6.04 Å². The van der Waals surface area contributed by atoms with Crippen molar-refractivity contribution in [1.82, 2.24) is 5.32 Å². The summed E-state index contributed by atoms with van der Waals surface area (Å²) in [4.78, 5) is 59.1. The number of amides is 2. The molecule has 0 heterocycles. The predicted octanol–water partition coefficient (Wildman–Crippen LogP) is -0.356. The van der Waals surface area contributed by atoms with Gasteiger partial charge >= 0.3 is 17.9 Å². The fraction of sp³-hybridized carbons (Fsp3) is 0.227. The molecule has 2 aromatic carbocycles. The Morgan fingerprint density at radius 2 is 1.38 bits per heavy atom. The Morgan fingerprint density at radius 3 is 1.88 bits per heavy atom. The zero-order valence-corrected chi connectivity index (χ0v) is 17.8. The van der Waals surface area contributed by atoms with E-state index in [0.717, 1.165) is 25.3 Å². The molecule has 180 valence electrons. The molecule has 0 aliphatic rings.